The zero-order valence-corrected chi connectivity index (χ0v) is 9.79. The van der Waals surface area contributed by atoms with Crippen LogP contribution in [0.25, 0.3) is 0 Å². The van der Waals surface area contributed by atoms with Crippen molar-refractivity contribution in [2.75, 3.05) is 18.5 Å². The number of benzene rings is 1. The monoisotopic (exact) mass is 234 g/mol. The van der Waals surface area contributed by atoms with E-state index >= 15 is 0 Å². The first kappa shape index (κ1) is 11.9. The van der Waals surface area contributed by atoms with Gasteiger partial charge in [0.25, 0.3) is 0 Å². The van der Waals surface area contributed by atoms with E-state index in [0.29, 0.717) is 24.5 Å². The van der Waals surface area contributed by atoms with E-state index in [4.69, 9.17) is 10.00 Å². The second-order valence-electron chi connectivity index (χ2n) is 4.31. The van der Waals surface area contributed by atoms with Gasteiger partial charge in [-0.05, 0) is 37.5 Å². The van der Waals surface area contributed by atoms with E-state index in [0.717, 1.165) is 18.4 Å². The fraction of sp³-hybridized carbons (Fsp3) is 0.462. The van der Waals surface area contributed by atoms with E-state index < -0.39 is 0 Å². The molecule has 1 heterocycles. The van der Waals surface area contributed by atoms with Crippen molar-refractivity contribution in [2.45, 2.75) is 25.8 Å². The molecule has 0 unspecified atom stereocenters. The van der Waals surface area contributed by atoms with Crippen LogP contribution in [0, 0.1) is 24.1 Å². The molecule has 2 rings (SSSR count). The molecular formula is C13H15FN2O. The summed E-state index contributed by atoms with van der Waals surface area (Å²) in [5.74, 6) is -0.354. The molecule has 0 spiro atoms. The van der Waals surface area contributed by atoms with E-state index in [1.807, 2.05) is 6.07 Å². The summed E-state index contributed by atoms with van der Waals surface area (Å²) in [6.45, 7) is 3.15. The molecule has 1 N–H and O–H groups in total. The minimum Gasteiger partial charge on any atom is -0.381 e. The van der Waals surface area contributed by atoms with Crippen molar-refractivity contribution in [2.24, 2.45) is 0 Å². The third kappa shape index (κ3) is 2.75. The number of nitrogens with one attached hydrogen (secondary N) is 1. The van der Waals surface area contributed by atoms with Crippen molar-refractivity contribution in [1.82, 2.24) is 0 Å². The molecule has 17 heavy (non-hydrogen) atoms. The Balaban J connectivity index is 2.22. The smallest absolute Gasteiger partial charge is 0.147 e. The van der Waals surface area contributed by atoms with Gasteiger partial charge in [0.15, 0.2) is 0 Å². The van der Waals surface area contributed by atoms with Gasteiger partial charge in [0, 0.05) is 19.3 Å². The number of aryl methyl sites for hydroxylation is 1. The van der Waals surface area contributed by atoms with E-state index in [1.54, 1.807) is 13.0 Å². The van der Waals surface area contributed by atoms with Crippen LogP contribution in [0.15, 0.2) is 12.1 Å². The number of rotatable bonds is 2. The first-order valence-corrected chi connectivity index (χ1v) is 5.75. The lowest BCUT2D eigenvalue weighted by atomic mass is 10.1. The van der Waals surface area contributed by atoms with Gasteiger partial charge in [0.1, 0.15) is 11.9 Å². The van der Waals surface area contributed by atoms with Crippen LogP contribution in [0.1, 0.15) is 24.0 Å². The standard InChI is InChI=1S/C13H15FN2O/c1-9-6-10(8-15)13(12(14)7-9)16-11-2-4-17-5-3-11/h6-7,11,16H,2-5H2,1H3. The first-order chi connectivity index (χ1) is 8.20. The molecule has 1 saturated heterocycles. The van der Waals surface area contributed by atoms with E-state index in [9.17, 15) is 4.39 Å². The highest BCUT2D eigenvalue weighted by atomic mass is 19.1. The summed E-state index contributed by atoms with van der Waals surface area (Å²) in [6, 6.07) is 5.37. The van der Waals surface area contributed by atoms with Gasteiger partial charge in [-0.1, -0.05) is 0 Å². The highest BCUT2D eigenvalue weighted by molar-refractivity contribution is 5.60. The normalized spacial score (nSPS) is 16.5. The summed E-state index contributed by atoms with van der Waals surface area (Å²) >= 11 is 0. The first-order valence-electron chi connectivity index (χ1n) is 5.75. The molecule has 0 saturated carbocycles. The van der Waals surface area contributed by atoms with Crippen LogP contribution in [0.5, 0.6) is 0 Å². The van der Waals surface area contributed by atoms with Gasteiger partial charge in [0.05, 0.1) is 11.3 Å². The van der Waals surface area contributed by atoms with Crippen molar-refractivity contribution in [1.29, 1.82) is 5.26 Å². The lowest BCUT2D eigenvalue weighted by Crippen LogP contribution is -2.28. The Hall–Kier alpha value is -1.60. The Bertz CT molecular complexity index is 447. The van der Waals surface area contributed by atoms with Crippen LogP contribution in [-0.2, 0) is 4.74 Å². The Morgan fingerprint density at radius 1 is 1.41 bits per heavy atom. The maximum Gasteiger partial charge on any atom is 0.147 e. The van der Waals surface area contributed by atoms with Crippen molar-refractivity contribution >= 4 is 5.69 Å². The molecule has 0 atom stereocenters. The van der Waals surface area contributed by atoms with Crippen molar-refractivity contribution in [3.63, 3.8) is 0 Å². The maximum absolute atomic E-state index is 13.8. The van der Waals surface area contributed by atoms with Crippen LogP contribution in [-0.4, -0.2) is 19.3 Å². The highest BCUT2D eigenvalue weighted by Gasteiger charge is 2.17. The molecule has 4 heteroatoms. The summed E-state index contributed by atoms with van der Waals surface area (Å²) in [5.41, 5.74) is 1.45. The largest absolute Gasteiger partial charge is 0.381 e. The maximum atomic E-state index is 13.8. The lowest BCUT2D eigenvalue weighted by Gasteiger charge is -2.24. The second kappa shape index (κ2) is 5.15. The van der Waals surface area contributed by atoms with Crippen molar-refractivity contribution in [3.05, 3.63) is 29.1 Å². The predicted octanol–water partition coefficient (Wildman–Crippen LogP) is 2.60. The molecule has 90 valence electrons. The van der Waals surface area contributed by atoms with Gasteiger partial charge >= 0.3 is 0 Å². The fourth-order valence-corrected chi connectivity index (χ4v) is 2.02. The molecule has 0 bridgehead atoms. The van der Waals surface area contributed by atoms with Gasteiger partial charge in [-0.2, -0.15) is 5.26 Å². The molecular weight excluding hydrogens is 219 g/mol. The Labute approximate surface area is 100 Å². The summed E-state index contributed by atoms with van der Waals surface area (Å²) < 4.78 is 19.1. The van der Waals surface area contributed by atoms with Crippen LogP contribution < -0.4 is 5.32 Å². The van der Waals surface area contributed by atoms with Crippen LogP contribution in [0.3, 0.4) is 0 Å². The van der Waals surface area contributed by atoms with Crippen LogP contribution in [0.4, 0.5) is 10.1 Å². The summed E-state index contributed by atoms with van der Waals surface area (Å²) in [6.07, 6.45) is 1.69. The van der Waals surface area contributed by atoms with E-state index in [-0.39, 0.29) is 11.9 Å². The van der Waals surface area contributed by atoms with Crippen molar-refractivity contribution in [3.8, 4) is 6.07 Å². The zero-order valence-electron chi connectivity index (χ0n) is 9.79. The molecule has 1 aliphatic rings. The molecule has 1 aliphatic heterocycles. The Morgan fingerprint density at radius 3 is 2.76 bits per heavy atom. The van der Waals surface area contributed by atoms with Gasteiger partial charge in [0.2, 0.25) is 0 Å². The highest BCUT2D eigenvalue weighted by Crippen LogP contribution is 2.24. The number of anilines is 1. The fourth-order valence-electron chi connectivity index (χ4n) is 2.02. The van der Waals surface area contributed by atoms with Crippen LogP contribution in [0.2, 0.25) is 0 Å². The molecule has 0 amide bonds. The predicted molar refractivity (Wildman–Crippen MR) is 63.3 cm³/mol. The molecule has 1 aromatic rings. The third-order valence-electron chi connectivity index (χ3n) is 2.92. The minimum absolute atomic E-state index is 0.188. The van der Waals surface area contributed by atoms with Gasteiger partial charge < -0.3 is 10.1 Å². The Kier molecular flexibility index (Phi) is 3.60. The number of ether oxygens (including phenoxy) is 1. The second-order valence-corrected chi connectivity index (χ2v) is 4.31. The molecule has 0 radical (unpaired) electrons. The molecule has 3 nitrogen and oxygen atoms in total. The SMILES string of the molecule is Cc1cc(F)c(NC2CCOCC2)c(C#N)c1. The molecule has 0 aliphatic carbocycles. The lowest BCUT2D eigenvalue weighted by molar-refractivity contribution is 0.0904. The number of nitriles is 1. The van der Waals surface area contributed by atoms with E-state index in [1.165, 1.54) is 6.07 Å². The number of nitrogens with zero attached hydrogens (tertiary/aromatic N) is 1. The van der Waals surface area contributed by atoms with Gasteiger partial charge in [-0.3, -0.25) is 0 Å². The topological polar surface area (TPSA) is 45.0 Å². The molecule has 0 aromatic heterocycles. The summed E-state index contributed by atoms with van der Waals surface area (Å²) in [5, 5.41) is 12.1. The van der Waals surface area contributed by atoms with Gasteiger partial charge in [-0.25, -0.2) is 4.39 Å². The minimum atomic E-state index is -0.354. The van der Waals surface area contributed by atoms with Gasteiger partial charge in [-0.15, -0.1) is 0 Å². The molecule has 1 aromatic carbocycles. The molecule has 1 fully saturated rings. The average Bonchev–Trinajstić information content (AvgIpc) is 2.33. The zero-order chi connectivity index (χ0) is 12.3. The quantitative estimate of drug-likeness (QED) is 0.855. The van der Waals surface area contributed by atoms with Crippen molar-refractivity contribution < 1.29 is 9.13 Å². The van der Waals surface area contributed by atoms with Crippen LogP contribution >= 0.6 is 0 Å². The Morgan fingerprint density at radius 2 is 2.12 bits per heavy atom. The number of halogens is 1. The van der Waals surface area contributed by atoms with E-state index in [2.05, 4.69) is 5.32 Å². The summed E-state index contributed by atoms with van der Waals surface area (Å²) in [7, 11) is 0. The number of hydrogen-bond acceptors (Lipinski definition) is 3. The average molecular weight is 234 g/mol. The summed E-state index contributed by atoms with van der Waals surface area (Å²) in [4.78, 5) is 0. The number of hydrogen-bond donors (Lipinski definition) is 1. The third-order valence-corrected chi connectivity index (χ3v) is 2.92.